The molecular weight excluding hydrogens is 202 g/mol. The van der Waals surface area contributed by atoms with Gasteiger partial charge in [0, 0.05) is 13.1 Å². The Hall–Kier alpha value is -1.51. The van der Waals surface area contributed by atoms with Crippen molar-refractivity contribution in [3.8, 4) is 5.75 Å². The zero-order chi connectivity index (χ0) is 11.4. The molecule has 0 atom stereocenters. The number of rotatable bonds is 4. The van der Waals surface area contributed by atoms with E-state index >= 15 is 0 Å². The maximum atomic E-state index is 11.7. The molecule has 16 heavy (non-hydrogen) atoms. The van der Waals surface area contributed by atoms with E-state index in [1.165, 1.54) is 0 Å². The first kappa shape index (κ1) is 11.0. The molecule has 0 unspecified atom stereocenters. The van der Waals surface area contributed by atoms with Crippen LogP contribution < -0.4 is 4.74 Å². The van der Waals surface area contributed by atoms with Crippen molar-refractivity contribution in [1.82, 2.24) is 4.90 Å². The Morgan fingerprint density at radius 2 is 2.00 bits per heavy atom. The molecule has 1 aliphatic heterocycles. The van der Waals surface area contributed by atoms with Gasteiger partial charge >= 0.3 is 0 Å². The zero-order valence-electron chi connectivity index (χ0n) is 9.61. The second-order valence-corrected chi connectivity index (χ2v) is 3.99. The lowest BCUT2D eigenvalue weighted by Crippen LogP contribution is -2.42. The average Bonchev–Trinajstić information content (AvgIpc) is 2.18. The quantitative estimate of drug-likeness (QED) is 0.773. The van der Waals surface area contributed by atoms with Gasteiger partial charge in [0.2, 0.25) is 5.91 Å². The topological polar surface area (TPSA) is 29.5 Å². The van der Waals surface area contributed by atoms with Crippen molar-refractivity contribution in [2.45, 2.75) is 19.8 Å². The number of carbonyl (C=O) groups is 1. The minimum Gasteiger partial charge on any atom is -0.494 e. The third kappa shape index (κ3) is 2.54. The van der Waals surface area contributed by atoms with Crippen LogP contribution in [0.1, 0.15) is 18.9 Å². The standard InChI is InChI=1S/C13H17NO2/c1-2-16-12-6-4-11(5-7-12)10-13(15)14-8-3-9-14/h4-7H,2-3,8-10H2,1H3. The van der Waals surface area contributed by atoms with Crippen LogP contribution in [0.15, 0.2) is 24.3 Å². The molecule has 0 radical (unpaired) electrons. The summed E-state index contributed by atoms with van der Waals surface area (Å²) < 4.78 is 5.35. The Kier molecular flexibility index (Phi) is 3.44. The van der Waals surface area contributed by atoms with Crippen molar-refractivity contribution in [1.29, 1.82) is 0 Å². The van der Waals surface area contributed by atoms with Crippen LogP contribution >= 0.6 is 0 Å². The van der Waals surface area contributed by atoms with Gasteiger partial charge in [-0.15, -0.1) is 0 Å². The van der Waals surface area contributed by atoms with Crippen LogP contribution in [0.25, 0.3) is 0 Å². The molecule has 1 aromatic rings. The third-order valence-electron chi connectivity index (χ3n) is 2.80. The molecule has 3 nitrogen and oxygen atoms in total. The van der Waals surface area contributed by atoms with Crippen molar-refractivity contribution < 1.29 is 9.53 Å². The fourth-order valence-corrected chi connectivity index (χ4v) is 1.72. The van der Waals surface area contributed by atoms with Gasteiger partial charge in [-0.3, -0.25) is 4.79 Å². The Morgan fingerprint density at radius 3 is 2.50 bits per heavy atom. The molecule has 0 spiro atoms. The smallest absolute Gasteiger partial charge is 0.226 e. The van der Waals surface area contributed by atoms with E-state index in [1.807, 2.05) is 36.1 Å². The van der Waals surface area contributed by atoms with Crippen LogP contribution in [0.3, 0.4) is 0 Å². The minimum absolute atomic E-state index is 0.232. The lowest BCUT2D eigenvalue weighted by atomic mass is 10.1. The molecule has 0 aromatic heterocycles. The summed E-state index contributed by atoms with van der Waals surface area (Å²) in [6.45, 7) is 4.49. The van der Waals surface area contributed by atoms with Gasteiger partial charge in [-0.25, -0.2) is 0 Å². The van der Waals surface area contributed by atoms with Crippen molar-refractivity contribution in [2.24, 2.45) is 0 Å². The van der Waals surface area contributed by atoms with E-state index in [0.717, 1.165) is 30.8 Å². The molecule has 3 heteroatoms. The molecule has 0 aliphatic carbocycles. The SMILES string of the molecule is CCOc1ccc(CC(=O)N2CCC2)cc1. The fraction of sp³-hybridized carbons (Fsp3) is 0.462. The van der Waals surface area contributed by atoms with Crippen molar-refractivity contribution >= 4 is 5.91 Å². The van der Waals surface area contributed by atoms with E-state index in [-0.39, 0.29) is 5.91 Å². The molecule has 0 N–H and O–H groups in total. The average molecular weight is 219 g/mol. The van der Waals surface area contributed by atoms with E-state index in [0.29, 0.717) is 13.0 Å². The van der Waals surface area contributed by atoms with Gasteiger partial charge in [0.25, 0.3) is 0 Å². The van der Waals surface area contributed by atoms with Gasteiger partial charge < -0.3 is 9.64 Å². The van der Waals surface area contributed by atoms with Crippen molar-refractivity contribution in [3.05, 3.63) is 29.8 Å². The van der Waals surface area contributed by atoms with Crippen LogP contribution in [0.5, 0.6) is 5.75 Å². The first-order valence-electron chi connectivity index (χ1n) is 5.79. The Morgan fingerprint density at radius 1 is 1.31 bits per heavy atom. The van der Waals surface area contributed by atoms with E-state index in [2.05, 4.69) is 0 Å². The monoisotopic (exact) mass is 219 g/mol. The Balaban J connectivity index is 1.91. The van der Waals surface area contributed by atoms with Crippen LogP contribution in [0.4, 0.5) is 0 Å². The predicted octanol–water partition coefficient (Wildman–Crippen LogP) is 1.86. The summed E-state index contributed by atoms with van der Waals surface area (Å²) in [7, 11) is 0. The number of nitrogens with zero attached hydrogens (tertiary/aromatic N) is 1. The molecule has 0 saturated carbocycles. The van der Waals surface area contributed by atoms with Gasteiger partial charge in [-0.2, -0.15) is 0 Å². The lowest BCUT2D eigenvalue weighted by Gasteiger charge is -2.30. The minimum atomic E-state index is 0.232. The van der Waals surface area contributed by atoms with E-state index < -0.39 is 0 Å². The molecule has 1 saturated heterocycles. The largest absolute Gasteiger partial charge is 0.494 e. The molecule has 1 fully saturated rings. The van der Waals surface area contributed by atoms with E-state index in [9.17, 15) is 4.79 Å². The summed E-state index contributed by atoms with van der Waals surface area (Å²) in [5.41, 5.74) is 1.06. The van der Waals surface area contributed by atoms with Crippen LogP contribution in [-0.2, 0) is 11.2 Å². The van der Waals surface area contributed by atoms with E-state index in [4.69, 9.17) is 4.74 Å². The first-order valence-corrected chi connectivity index (χ1v) is 5.79. The van der Waals surface area contributed by atoms with Gasteiger partial charge in [0.1, 0.15) is 5.75 Å². The number of amides is 1. The lowest BCUT2D eigenvalue weighted by molar-refractivity contribution is -0.133. The third-order valence-corrected chi connectivity index (χ3v) is 2.80. The number of carbonyl (C=O) groups excluding carboxylic acids is 1. The maximum Gasteiger partial charge on any atom is 0.226 e. The highest BCUT2D eigenvalue weighted by molar-refractivity contribution is 5.79. The molecular formula is C13H17NO2. The van der Waals surface area contributed by atoms with Crippen LogP contribution in [0, 0.1) is 0 Å². The highest BCUT2D eigenvalue weighted by Gasteiger charge is 2.19. The molecule has 0 bridgehead atoms. The molecule has 86 valence electrons. The molecule has 2 rings (SSSR count). The molecule has 1 heterocycles. The number of ether oxygens (including phenoxy) is 1. The van der Waals surface area contributed by atoms with E-state index in [1.54, 1.807) is 0 Å². The van der Waals surface area contributed by atoms with Gasteiger partial charge in [-0.1, -0.05) is 12.1 Å². The number of hydrogen-bond acceptors (Lipinski definition) is 2. The summed E-state index contributed by atoms with van der Waals surface area (Å²) in [6, 6.07) is 7.76. The zero-order valence-corrected chi connectivity index (χ0v) is 9.61. The fourth-order valence-electron chi connectivity index (χ4n) is 1.72. The van der Waals surface area contributed by atoms with Gasteiger partial charge in [-0.05, 0) is 31.0 Å². The maximum absolute atomic E-state index is 11.7. The predicted molar refractivity (Wildman–Crippen MR) is 62.5 cm³/mol. The van der Waals surface area contributed by atoms with Gasteiger partial charge in [0.05, 0.1) is 13.0 Å². The summed E-state index contributed by atoms with van der Waals surface area (Å²) >= 11 is 0. The highest BCUT2D eigenvalue weighted by atomic mass is 16.5. The van der Waals surface area contributed by atoms with Crippen molar-refractivity contribution in [3.63, 3.8) is 0 Å². The number of hydrogen-bond donors (Lipinski definition) is 0. The molecule has 1 aliphatic rings. The van der Waals surface area contributed by atoms with Gasteiger partial charge in [0.15, 0.2) is 0 Å². The Labute approximate surface area is 96.0 Å². The summed E-state index contributed by atoms with van der Waals surface area (Å²) in [5.74, 6) is 1.10. The normalized spacial score (nSPS) is 14.4. The number of likely N-dealkylation sites (tertiary alicyclic amines) is 1. The second kappa shape index (κ2) is 5.01. The summed E-state index contributed by atoms with van der Waals surface area (Å²) in [5, 5.41) is 0. The van der Waals surface area contributed by atoms with Crippen LogP contribution in [-0.4, -0.2) is 30.5 Å². The molecule has 1 amide bonds. The highest BCUT2D eigenvalue weighted by Crippen LogP contribution is 2.14. The second-order valence-electron chi connectivity index (χ2n) is 3.99. The van der Waals surface area contributed by atoms with Crippen LogP contribution in [0.2, 0.25) is 0 Å². The van der Waals surface area contributed by atoms with Crippen molar-refractivity contribution in [2.75, 3.05) is 19.7 Å². The summed E-state index contributed by atoms with van der Waals surface area (Å²) in [6.07, 6.45) is 1.65. The molecule has 1 aromatic carbocycles. The Bertz CT molecular complexity index is 355. The summed E-state index contributed by atoms with van der Waals surface area (Å²) in [4.78, 5) is 13.6. The number of benzene rings is 1. The first-order chi connectivity index (χ1) is 7.79.